The Bertz CT molecular complexity index is 1310. The molecule has 0 saturated carbocycles. The van der Waals surface area contributed by atoms with E-state index in [9.17, 15) is 18.0 Å². The van der Waals surface area contributed by atoms with Crippen molar-refractivity contribution in [3.05, 3.63) is 83.1 Å². The Balaban J connectivity index is 1.78. The molecule has 0 fully saturated rings. The first-order valence-electron chi connectivity index (χ1n) is 11.0. The van der Waals surface area contributed by atoms with Crippen molar-refractivity contribution in [3.8, 4) is 22.4 Å². The van der Waals surface area contributed by atoms with Crippen LogP contribution in [-0.2, 0) is 17.4 Å². The van der Waals surface area contributed by atoms with E-state index in [2.05, 4.69) is 5.32 Å². The van der Waals surface area contributed by atoms with Gasteiger partial charge < -0.3 is 9.72 Å². The van der Waals surface area contributed by atoms with E-state index in [4.69, 9.17) is 16.6 Å². The molecule has 0 spiro atoms. The molecule has 1 amide bonds. The van der Waals surface area contributed by atoms with Crippen LogP contribution < -0.4 is 5.32 Å². The van der Waals surface area contributed by atoms with Crippen LogP contribution in [0.5, 0.6) is 0 Å². The maximum absolute atomic E-state index is 13.2. The molecule has 1 N–H and O–H groups in total. The second-order valence-electron chi connectivity index (χ2n) is 7.99. The van der Waals surface area contributed by atoms with Crippen LogP contribution in [0.15, 0.2) is 66.9 Å². The molecule has 2 heterocycles. The van der Waals surface area contributed by atoms with Gasteiger partial charge in [0.25, 0.3) is 0 Å². The highest BCUT2D eigenvalue weighted by molar-refractivity contribution is 6.30. The van der Waals surface area contributed by atoms with E-state index < -0.39 is 11.7 Å². The van der Waals surface area contributed by atoms with Gasteiger partial charge in [0.2, 0.25) is 5.91 Å². The zero-order valence-electron chi connectivity index (χ0n) is 18.5. The Morgan fingerprint density at radius 3 is 2.47 bits per heavy atom. The number of hydrogen-bond acceptors (Lipinski definition) is 2. The molecule has 0 radical (unpaired) electrons. The molecule has 2 aromatic carbocycles. The summed E-state index contributed by atoms with van der Waals surface area (Å²) in [6.07, 6.45) is -1.12. The van der Waals surface area contributed by atoms with E-state index in [1.54, 1.807) is 36.5 Å². The molecule has 0 unspecified atom stereocenters. The summed E-state index contributed by atoms with van der Waals surface area (Å²) in [6.45, 7) is 2.59. The number of benzene rings is 2. The van der Waals surface area contributed by atoms with E-state index in [0.717, 1.165) is 29.8 Å². The maximum atomic E-state index is 13.2. The smallest absolute Gasteiger partial charge is 0.356 e. The molecule has 0 atom stereocenters. The molecule has 176 valence electrons. The maximum Gasteiger partial charge on any atom is 0.416 e. The highest BCUT2D eigenvalue weighted by Gasteiger charge is 2.30. The van der Waals surface area contributed by atoms with Gasteiger partial charge in [0.05, 0.1) is 17.0 Å². The van der Waals surface area contributed by atoms with E-state index in [-0.39, 0.29) is 12.3 Å². The van der Waals surface area contributed by atoms with Crippen LogP contribution >= 0.6 is 11.6 Å². The molecule has 0 aliphatic carbocycles. The average Bonchev–Trinajstić information content (AvgIpc) is 3.19. The first-order chi connectivity index (χ1) is 16.3. The Kier molecular flexibility index (Phi) is 6.93. The van der Waals surface area contributed by atoms with Crippen molar-refractivity contribution in [2.75, 3.05) is 6.54 Å². The Morgan fingerprint density at radius 2 is 1.76 bits per heavy atom. The van der Waals surface area contributed by atoms with Gasteiger partial charge in [0.1, 0.15) is 5.65 Å². The van der Waals surface area contributed by atoms with Gasteiger partial charge in [0.15, 0.2) is 0 Å². The Hall–Kier alpha value is -3.32. The molecule has 0 saturated heterocycles. The first kappa shape index (κ1) is 23.8. The first-order valence-corrected chi connectivity index (χ1v) is 11.4. The van der Waals surface area contributed by atoms with Crippen molar-refractivity contribution < 1.29 is 18.0 Å². The van der Waals surface area contributed by atoms with Gasteiger partial charge >= 0.3 is 6.18 Å². The minimum atomic E-state index is -4.42. The fraction of sp³-hybridized carbons (Fsp3) is 0.231. The Morgan fingerprint density at radius 1 is 1.03 bits per heavy atom. The molecule has 4 nitrogen and oxygen atoms in total. The lowest BCUT2D eigenvalue weighted by molar-refractivity contribution is -0.137. The summed E-state index contributed by atoms with van der Waals surface area (Å²) in [5, 5.41) is 3.47. The fourth-order valence-electron chi connectivity index (χ4n) is 3.80. The average molecular weight is 486 g/mol. The lowest BCUT2D eigenvalue weighted by Crippen LogP contribution is -2.24. The van der Waals surface area contributed by atoms with Crippen LogP contribution in [0.2, 0.25) is 5.02 Å². The van der Waals surface area contributed by atoms with Crippen molar-refractivity contribution in [1.29, 1.82) is 0 Å². The molecule has 34 heavy (non-hydrogen) atoms. The van der Waals surface area contributed by atoms with E-state index in [0.29, 0.717) is 40.5 Å². The third-order valence-corrected chi connectivity index (χ3v) is 5.77. The van der Waals surface area contributed by atoms with Gasteiger partial charge in [-0.05, 0) is 60.4 Å². The number of nitrogens with one attached hydrogen (secondary N) is 1. The monoisotopic (exact) mass is 485 g/mol. The van der Waals surface area contributed by atoms with Gasteiger partial charge in [0, 0.05) is 29.7 Å². The molecular weight excluding hydrogens is 463 g/mol. The largest absolute Gasteiger partial charge is 0.416 e. The third-order valence-electron chi connectivity index (χ3n) is 5.52. The van der Waals surface area contributed by atoms with Crippen LogP contribution in [0.3, 0.4) is 0 Å². The summed E-state index contributed by atoms with van der Waals surface area (Å²) in [5.74, 6) is -0.0621. The summed E-state index contributed by atoms with van der Waals surface area (Å²) < 4.78 is 41.5. The fourth-order valence-corrected chi connectivity index (χ4v) is 3.93. The standard InChI is InChI=1S/C26H23ClF3N3O/c1-2-14-31-24(34)13-11-22-25(17-6-9-21(27)10-7-17)32-23-12-8-19(16-33(22)23)18-4-3-5-20(15-18)26(28,29)30/h3-10,12,15-16H,2,11,13-14H2,1H3,(H,31,34). The zero-order chi connectivity index (χ0) is 24.3. The van der Waals surface area contributed by atoms with Crippen LogP contribution in [0.25, 0.3) is 28.0 Å². The summed E-state index contributed by atoms with van der Waals surface area (Å²) in [4.78, 5) is 17.0. The lowest BCUT2D eigenvalue weighted by Gasteiger charge is -2.10. The number of rotatable bonds is 7. The molecule has 0 aliphatic heterocycles. The quantitative estimate of drug-likeness (QED) is 0.313. The van der Waals surface area contributed by atoms with Gasteiger partial charge in [-0.15, -0.1) is 0 Å². The van der Waals surface area contributed by atoms with Gasteiger partial charge in [-0.1, -0.05) is 42.8 Å². The van der Waals surface area contributed by atoms with Crippen molar-refractivity contribution in [3.63, 3.8) is 0 Å². The molecule has 4 aromatic rings. The second-order valence-corrected chi connectivity index (χ2v) is 8.42. The second kappa shape index (κ2) is 9.89. The highest BCUT2D eigenvalue weighted by atomic mass is 35.5. The number of aryl methyl sites for hydroxylation is 1. The van der Waals surface area contributed by atoms with Crippen LogP contribution in [-0.4, -0.2) is 21.8 Å². The number of carbonyl (C=O) groups excluding carboxylic acids is 1. The number of fused-ring (bicyclic) bond motifs is 1. The minimum Gasteiger partial charge on any atom is -0.356 e. The number of aromatic nitrogens is 2. The molecule has 0 bridgehead atoms. The number of imidazole rings is 1. The summed E-state index contributed by atoms with van der Waals surface area (Å²) in [7, 11) is 0. The van der Waals surface area contributed by atoms with Gasteiger partial charge in [-0.3, -0.25) is 4.79 Å². The normalized spacial score (nSPS) is 11.7. The highest BCUT2D eigenvalue weighted by Crippen LogP contribution is 2.33. The van der Waals surface area contributed by atoms with Crippen LogP contribution in [0.4, 0.5) is 13.2 Å². The third kappa shape index (κ3) is 5.25. The number of alkyl halides is 3. The summed E-state index contributed by atoms with van der Waals surface area (Å²) >= 11 is 6.04. The number of halogens is 4. The van der Waals surface area contributed by atoms with Crippen molar-refractivity contribution in [2.24, 2.45) is 0 Å². The molecule has 2 aromatic heterocycles. The van der Waals surface area contributed by atoms with Crippen molar-refractivity contribution in [2.45, 2.75) is 32.4 Å². The predicted molar refractivity (Wildman–Crippen MR) is 128 cm³/mol. The van der Waals surface area contributed by atoms with Gasteiger partial charge in [-0.2, -0.15) is 13.2 Å². The number of nitrogens with zero attached hydrogens (tertiary/aromatic N) is 2. The van der Waals surface area contributed by atoms with Crippen molar-refractivity contribution in [1.82, 2.24) is 14.7 Å². The number of amides is 1. The number of pyridine rings is 1. The molecule has 8 heteroatoms. The minimum absolute atomic E-state index is 0.0621. The van der Waals surface area contributed by atoms with E-state index in [1.165, 1.54) is 6.07 Å². The van der Waals surface area contributed by atoms with Gasteiger partial charge in [-0.25, -0.2) is 4.98 Å². The zero-order valence-corrected chi connectivity index (χ0v) is 19.2. The molecular formula is C26H23ClF3N3O. The Labute approximate surface area is 200 Å². The topological polar surface area (TPSA) is 46.4 Å². The van der Waals surface area contributed by atoms with Crippen LogP contribution in [0.1, 0.15) is 31.0 Å². The number of hydrogen-bond donors (Lipinski definition) is 1. The summed E-state index contributed by atoms with van der Waals surface area (Å²) in [6, 6.07) is 16.0. The van der Waals surface area contributed by atoms with Crippen LogP contribution in [0, 0.1) is 0 Å². The van der Waals surface area contributed by atoms with E-state index >= 15 is 0 Å². The van der Waals surface area contributed by atoms with Crippen molar-refractivity contribution >= 4 is 23.2 Å². The molecule has 4 rings (SSSR count). The van der Waals surface area contributed by atoms with E-state index in [1.807, 2.05) is 23.5 Å². The summed E-state index contributed by atoms with van der Waals surface area (Å²) in [5.41, 5.74) is 3.37. The SMILES string of the molecule is CCCNC(=O)CCc1c(-c2ccc(Cl)cc2)nc2ccc(-c3cccc(C(F)(F)F)c3)cn12. The molecule has 0 aliphatic rings. The number of carbonyl (C=O) groups is 1. The lowest BCUT2D eigenvalue weighted by atomic mass is 10.0. The predicted octanol–water partition coefficient (Wildman–Crippen LogP) is 6.80.